The van der Waals surface area contributed by atoms with Gasteiger partial charge in [0.25, 0.3) is 0 Å². The average Bonchev–Trinajstić information content (AvgIpc) is 2.96. The highest BCUT2D eigenvalue weighted by molar-refractivity contribution is 5.72. The molecule has 0 aromatic heterocycles. The molecule has 0 aliphatic carbocycles. The lowest BCUT2D eigenvalue weighted by Gasteiger charge is -2.45. The van der Waals surface area contributed by atoms with Crippen molar-refractivity contribution in [3.8, 4) is 0 Å². The lowest BCUT2D eigenvalue weighted by atomic mass is 10.1. The lowest BCUT2D eigenvalue weighted by Crippen LogP contribution is -2.62. The van der Waals surface area contributed by atoms with Crippen LogP contribution in [0.5, 0.6) is 0 Å². The lowest BCUT2D eigenvalue weighted by molar-refractivity contribution is -0.279. The number of ether oxygens (including phenoxy) is 2. The molecular formula is C24H48N4O12. The summed E-state index contributed by atoms with van der Waals surface area (Å²) in [7, 11) is 2.46. The predicted octanol–water partition coefficient (Wildman–Crippen LogP) is -3.25. The summed E-state index contributed by atoms with van der Waals surface area (Å²) in [6.07, 6.45) is -1.37. The van der Waals surface area contributed by atoms with Crippen LogP contribution in [0.4, 0.5) is 0 Å². The van der Waals surface area contributed by atoms with Gasteiger partial charge < -0.3 is 29.9 Å². The van der Waals surface area contributed by atoms with E-state index in [9.17, 15) is 40.5 Å². The number of carbonyl (C=O) groups excluding carboxylic acids is 2. The average molecular weight is 585 g/mol. The zero-order valence-corrected chi connectivity index (χ0v) is 23.9. The molecule has 16 nitrogen and oxygen atoms in total. The third-order valence-corrected chi connectivity index (χ3v) is 7.15. The summed E-state index contributed by atoms with van der Waals surface area (Å²) >= 11 is 0. The molecule has 0 amide bonds. The van der Waals surface area contributed by atoms with Crippen molar-refractivity contribution in [3.63, 3.8) is 0 Å². The molecule has 16 heteroatoms. The van der Waals surface area contributed by atoms with Crippen molar-refractivity contribution >= 4 is 11.9 Å². The standard InChI is InChI=1S/C24H48N4O12/c1-17(39-35)5-25-7-19(13-29)26(6-18(2)40-36)8-21(15-31)28(12-24(34)38-4)10-22(16-32)27(9-20(25)14-30)11-23(33)37-3/h17-22,29-32,35-36H,5-16H2,1-4H3/t17?,18?,19-,20-,21-,22-/m0/s1. The number of methoxy groups -OCH3 is 2. The zero-order chi connectivity index (χ0) is 30.2. The summed E-state index contributed by atoms with van der Waals surface area (Å²) < 4.78 is 9.70. The Morgan fingerprint density at radius 1 is 0.625 bits per heavy atom. The molecule has 0 aromatic rings. The van der Waals surface area contributed by atoms with Crippen molar-refractivity contribution < 1.29 is 59.8 Å². The second kappa shape index (κ2) is 19.6. The van der Waals surface area contributed by atoms with E-state index >= 15 is 0 Å². The van der Waals surface area contributed by atoms with Crippen LogP contribution in [0.2, 0.25) is 0 Å². The molecule has 236 valence electrons. The molecule has 1 aliphatic heterocycles. The summed E-state index contributed by atoms with van der Waals surface area (Å²) in [5.74, 6) is -1.17. The van der Waals surface area contributed by atoms with E-state index in [1.807, 2.05) is 0 Å². The molecule has 0 saturated carbocycles. The second-order valence-electron chi connectivity index (χ2n) is 10.1. The fraction of sp³-hybridized carbons (Fsp3) is 0.917. The van der Waals surface area contributed by atoms with Gasteiger partial charge in [0.05, 0.1) is 53.7 Å². The second-order valence-corrected chi connectivity index (χ2v) is 10.1. The fourth-order valence-electron chi connectivity index (χ4n) is 4.86. The summed E-state index contributed by atoms with van der Waals surface area (Å²) in [4.78, 5) is 40.5. The van der Waals surface area contributed by atoms with Gasteiger partial charge in [-0.1, -0.05) is 0 Å². The molecule has 6 atom stereocenters. The van der Waals surface area contributed by atoms with Crippen LogP contribution in [0.1, 0.15) is 13.8 Å². The van der Waals surface area contributed by atoms with Crippen molar-refractivity contribution in [2.75, 3.05) is 93.0 Å². The van der Waals surface area contributed by atoms with Gasteiger partial charge in [-0.15, -0.1) is 0 Å². The molecule has 1 rings (SSSR count). The van der Waals surface area contributed by atoms with Crippen LogP contribution < -0.4 is 0 Å². The van der Waals surface area contributed by atoms with Gasteiger partial charge in [0.2, 0.25) is 0 Å². The Morgan fingerprint density at radius 3 is 1.15 bits per heavy atom. The minimum atomic E-state index is -0.735. The predicted molar refractivity (Wildman–Crippen MR) is 140 cm³/mol. The van der Waals surface area contributed by atoms with Gasteiger partial charge in [0, 0.05) is 63.4 Å². The smallest absolute Gasteiger partial charge is 0.319 e. The number of nitrogens with zero attached hydrogens (tertiary/aromatic N) is 4. The topological polar surface area (TPSA) is 205 Å². The van der Waals surface area contributed by atoms with Crippen LogP contribution in [0.15, 0.2) is 0 Å². The third-order valence-electron chi connectivity index (χ3n) is 7.15. The Bertz CT molecular complexity index is 697. The van der Waals surface area contributed by atoms with Crippen molar-refractivity contribution in [2.24, 2.45) is 0 Å². The first-order valence-electron chi connectivity index (χ1n) is 13.2. The van der Waals surface area contributed by atoms with Gasteiger partial charge in [-0.25, -0.2) is 9.78 Å². The summed E-state index contributed by atoms with van der Waals surface area (Å²) in [6.45, 7) is 1.75. The molecule has 6 N–H and O–H groups in total. The third kappa shape index (κ3) is 11.8. The first-order chi connectivity index (χ1) is 19.1. The maximum absolute atomic E-state index is 12.3. The molecule has 0 bridgehead atoms. The molecule has 1 saturated heterocycles. The number of aliphatic hydroxyl groups is 4. The van der Waals surface area contributed by atoms with Gasteiger partial charge in [-0.2, -0.15) is 0 Å². The van der Waals surface area contributed by atoms with E-state index in [0.717, 1.165) is 0 Å². The van der Waals surface area contributed by atoms with E-state index in [1.165, 1.54) is 14.2 Å². The minimum absolute atomic E-state index is 0.0197. The summed E-state index contributed by atoms with van der Waals surface area (Å²) in [6, 6.07) is -2.70. The van der Waals surface area contributed by atoms with Gasteiger partial charge in [-0.3, -0.25) is 39.7 Å². The van der Waals surface area contributed by atoms with Crippen LogP contribution in [0.25, 0.3) is 0 Å². The maximum atomic E-state index is 12.3. The maximum Gasteiger partial charge on any atom is 0.319 e. The fourth-order valence-corrected chi connectivity index (χ4v) is 4.86. The Morgan fingerprint density at radius 2 is 0.900 bits per heavy atom. The molecule has 1 aliphatic rings. The molecule has 2 unspecified atom stereocenters. The van der Waals surface area contributed by atoms with Crippen LogP contribution in [-0.2, 0) is 28.8 Å². The summed E-state index contributed by atoms with van der Waals surface area (Å²) in [5, 5.41) is 60.2. The molecule has 0 radical (unpaired) electrons. The Balaban J connectivity index is 3.68. The largest absolute Gasteiger partial charge is 0.468 e. The van der Waals surface area contributed by atoms with Crippen molar-refractivity contribution in [1.29, 1.82) is 0 Å². The van der Waals surface area contributed by atoms with E-state index in [1.54, 1.807) is 33.4 Å². The Hall–Kier alpha value is -1.54. The first-order valence-corrected chi connectivity index (χ1v) is 13.2. The molecule has 0 spiro atoms. The molecule has 40 heavy (non-hydrogen) atoms. The van der Waals surface area contributed by atoms with Crippen LogP contribution in [0, 0.1) is 0 Å². The van der Waals surface area contributed by atoms with Crippen molar-refractivity contribution in [1.82, 2.24) is 19.6 Å². The van der Waals surface area contributed by atoms with Crippen molar-refractivity contribution in [3.05, 3.63) is 0 Å². The normalized spacial score (nSPS) is 26.4. The number of carbonyl (C=O) groups is 2. The number of rotatable bonds is 14. The van der Waals surface area contributed by atoms with Crippen LogP contribution >= 0.6 is 0 Å². The van der Waals surface area contributed by atoms with Crippen LogP contribution in [-0.4, -0.2) is 192 Å². The number of hydrogen-bond acceptors (Lipinski definition) is 16. The van der Waals surface area contributed by atoms with E-state index in [2.05, 4.69) is 9.78 Å². The number of hydrogen-bond donors (Lipinski definition) is 6. The molecule has 1 fully saturated rings. The number of esters is 2. The monoisotopic (exact) mass is 584 g/mol. The SMILES string of the molecule is COC(=O)CN1C[C@@H](CO)N(CC(C)OO)C[C@@H](CO)N(CC(C)OO)C[C@@H](CO)N(CC(=O)OC)C[C@H]1CO. The van der Waals surface area contributed by atoms with Crippen LogP contribution in [0.3, 0.4) is 0 Å². The minimum Gasteiger partial charge on any atom is -0.468 e. The zero-order valence-electron chi connectivity index (χ0n) is 23.9. The Labute approximate surface area is 235 Å². The van der Waals surface area contributed by atoms with Gasteiger partial charge in [0.15, 0.2) is 0 Å². The summed E-state index contributed by atoms with van der Waals surface area (Å²) in [5.41, 5.74) is 0. The quantitative estimate of drug-likeness (QED) is 0.0674. The van der Waals surface area contributed by atoms with Crippen molar-refractivity contribution in [2.45, 2.75) is 50.2 Å². The van der Waals surface area contributed by atoms with E-state index in [-0.39, 0.29) is 65.6 Å². The van der Waals surface area contributed by atoms with Gasteiger partial charge >= 0.3 is 11.9 Å². The van der Waals surface area contributed by atoms with E-state index in [0.29, 0.717) is 0 Å². The Kier molecular flexibility index (Phi) is 17.8. The highest BCUT2D eigenvalue weighted by Gasteiger charge is 2.36. The first kappa shape index (κ1) is 36.5. The van der Waals surface area contributed by atoms with Gasteiger partial charge in [-0.05, 0) is 13.8 Å². The van der Waals surface area contributed by atoms with E-state index < -0.39 is 61.5 Å². The number of aliphatic hydroxyl groups excluding tert-OH is 4. The highest BCUT2D eigenvalue weighted by atomic mass is 17.1. The van der Waals surface area contributed by atoms with Gasteiger partial charge in [0.1, 0.15) is 12.2 Å². The van der Waals surface area contributed by atoms with E-state index in [4.69, 9.17) is 9.47 Å². The molecule has 0 aromatic carbocycles. The highest BCUT2D eigenvalue weighted by Crippen LogP contribution is 2.17. The molecule has 1 heterocycles. The molecular weight excluding hydrogens is 536 g/mol.